The highest BCUT2D eigenvalue weighted by Gasteiger charge is 2.17. The SMILES string of the molecule is CC(=O)Nc1ccc(NC(=O)C(C)Sc2cccc(NC(=O)/C(=C/c3cccnc3)NC(=O)c3ccccc3)c2)cc1. The molecule has 10 heteroatoms. The second-order valence-electron chi connectivity index (χ2n) is 9.15. The number of benzene rings is 3. The Bertz CT molecular complexity index is 1590. The molecule has 0 aliphatic carbocycles. The van der Waals surface area contributed by atoms with Gasteiger partial charge in [-0.25, -0.2) is 0 Å². The van der Waals surface area contributed by atoms with Crippen LogP contribution in [0.25, 0.3) is 6.08 Å². The number of carbonyl (C=O) groups excluding carboxylic acids is 4. The van der Waals surface area contributed by atoms with E-state index in [1.54, 1.807) is 110 Å². The first kappa shape index (κ1) is 29.8. The third kappa shape index (κ3) is 8.90. The minimum Gasteiger partial charge on any atom is -0.326 e. The van der Waals surface area contributed by atoms with Gasteiger partial charge in [-0.1, -0.05) is 30.3 Å². The molecule has 4 aromatic rings. The van der Waals surface area contributed by atoms with Gasteiger partial charge in [-0.2, -0.15) is 0 Å². The van der Waals surface area contributed by atoms with E-state index >= 15 is 0 Å². The number of carbonyl (C=O) groups is 4. The van der Waals surface area contributed by atoms with Crippen molar-refractivity contribution in [1.82, 2.24) is 10.3 Å². The lowest BCUT2D eigenvalue weighted by Crippen LogP contribution is -2.30. The first-order chi connectivity index (χ1) is 20.3. The van der Waals surface area contributed by atoms with E-state index in [0.717, 1.165) is 4.90 Å². The number of rotatable bonds is 10. The maximum atomic E-state index is 13.3. The van der Waals surface area contributed by atoms with Crippen LogP contribution in [0.2, 0.25) is 0 Å². The van der Waals surface area contributed by atoms with Crippen molar-refractivity contribution in [2.45, 2.75) is 24.0 Å². The Morgan fingerprint density at radius 3 is 2.17 bits per heavy atom. The van der Waals surface area contributed by atoms with Gasteiger partial charge in [0.05, 0.1) is 5.25 Å². The summed E-state index contributed by atoms with van der Waals surface area (Å²) < 4.78 is 0. The highest BCUT2D eigenvalue weighted by Crippen LogP contribution is 2.27. The van der Waals surface area contributed by atoms with Crippen LogP contribution in [0.3, 0.4) is 0 Å². The Hall–Kier alpha value is -5.22. The molecule has 212 valence electrons. The largest absolute Gasteiger partial charge is 0.326 e. The van der Waals surface area contributed by atoms with Crippen LogP contribution in [0.15, 0.2) is 114 Å². The second-order valence-corrected chi connectivity index (χ2v) is 10.6. The Balaban J connectivity index is 1.42. The van der Waals surface area contributed by atoms with E-state index in [2.05, 4.69) is 26.3 Å². The lowest BCUT2D eigenvalue weighted by atomic mass is 10.2. The van der Waals surface area contributed by atoms with Crippen molar-refractivity contribution < 1.29 is 19.2 Å². The van der Waals surface area contributed by atoms with E-state index in [-0.39, 0.29) is 17.5 Å². The molecule has 0 fully saturated rings. The van der Waals surface area contributed by atoms with Gasteiger partial charge < -0.3 is 21.3 Å². The molecule has 3 aromatic carbocycles. The molecule has 1 unspecified atom stereocenters. The molecule has 1 heterocycles. The van der Waals surface area contributed by atoms with Crippen molar-refractivity contribution in [3.8, 4) is 0 Å². The minimum atomic E-state index is -0.515. The fourth-order valence-electron chi connectivity index (χ4n) is 3.76. The van der Waals surface area contributed by atoms with E-state index < -0.39 is 17.1 Å². The molecule has 0 saturated heterocycles. The molecule has 1 aromatic heterocycles. The zero-order valence-electron chi connectivity index (χ0n) is 23.0. The molecule has 0 spiro atoms. The normalized spacial score (nSPS) is 11.6. The summed E-state index contributed by atoms with van der Waals surface area (Å²) in [6, 6.07) is 26.1. The molecule has 0 saturated carbocycles. The fourth-order valence-corrected chi connectivity index (χ4v) is 4.68. The predicted octanol–water partition coefficient (Wildman–Crippen LogP) is 5.57. The molecule has 9 nitrogen and oxygen atoms in total. The predicted molar refractivity (Wildman–Crippen MR) is 166 cm³/mol. The zero-order valence-corrected chi connectivity index (χ0v) is 23.8. The van der Waals surface area contributed by atoms with Crippen molar-refractivity contribution in [3.05, 3.63) is 120 Å². The number of amides is 4. The smallest absolute Gasteiger partial charge is 0.272 e. The third-order valence-corrected chi connectivity index (χ3v) is 6.86. The third-order valence-electron chi connectivity index (χ3n) is 5.77. The molecular weight excluding hydrogens is 550 g/mol. The van der Waals surface area contributed by atoms with Crippen molar-refractivity contribution in [1.29, 1.82) is 0 Å². The Labute approximate surface area is 247 Å². The molecule has 1 atom stereocenters. The average molecular weight is 580 g/mol. The maximum Gasteiger partial charge on any atom is 0.272 e. The van der Waals surface area contributed by atoms with Crippen LogP contribution in [0.5, 0.6) is 0 Å². The van der Waals surface area contributed by atoms with Gasteiger partial charge in [-0.15, -0.1) is 11.8 Å². The molecule has 0 bridgehead atoms. The van der Waals surface area contributed by atoms with Gasteiger partial charge in [-0.3, -0.25) is 24.2 Å². The van der Waals surface area contributed by atoms with Crippen molar-refractivity contribution in [2.24, 2.45) is 0 Å². The van der Waals surface area contributed by atoms with Gasteiger partial charge >= 0.3 is 0 Å². The molecule has 4 N–H and O–H groups in total. The van der Waals surface area contributed by atoms with E-state index in [1.165, 1.54) is 18.7 Å². The summed E-state index contributed by atoms with van der Waals surface area (Å²) in [7, 11) is 0. The molecule has 0 aliphatic heterocycles. The van der Waals surface area contributed by atoms with Crippen molar-refractivity contribution >= 4 is 58.5 Å². The van der Waals surface area contributed by atoms with Gasteiger partial charge in [0.25, 0.3) is 11.8 Å². The van der Waals surface area contributed by atoms with E-state index in [1.807, 2.05) is 6.07 Å². The summed E-state index contributed by atoms with van der Waals surface area (Å²) in [6.07, 6.45) is 4.76. The van der Waals surface area contributed by atoms with Crippen LogP contribution in [-0.2, 0) is 14.4 Å². The Kier molecular flexibility index (Phi) is 10.2. The summed E-state index contributed by atoms with van der Waals surface area (Å²) in [5.41, 5.74) is 2.85. The number of pyridine rings is 1. The van der Waals surface area contributed by atoms with Crippen LogP contribution < -0.4 is 21.3 Å². The van der Waals surface area contributed by atoms with E-state index in [0.29, 0.717) is 28.2 Å². The molecule has 0 aliphatic rings. The Morgan fingerprint density at radius 2 is 1.50 bits per heavy atom. The number of thioether (sulfide) groups is 1. The van der Waals surface area contributed by atoms with Gasteiger partial charge in [0.15, 0.2) is 0 Å². The lowest BCUT2D eigenvalue weighted by molar-refractivity contribution is -0.115. The van der Waals surface area contributed by atoms with Crippen LogP contribution in [0.4, 0.5) is 17.1 Å². The zero-order chi connectivity index (χ0) is 29.9. The summed E-state index contributed by atoms with van der Waals surface area (Å²) >= 11 is 1.33. The molecule has 4 rings (SSSR count). The van der Waals surface area contributed by atoms with E-state index in [9.17, 15) is 19.2 Å². The fraction of sp³-hybridized carbons (Fsp3) is 0.0938. The summed E-state index contributed by atoms with van der Waals surface area (Å²) in [5, 5.41) is 10.6. The van der Waals surface area contributed by atoms with Gasteiger partial charge in [0.1, 0.15) is 5.70 Å². The van der Waals surface area contributed by atoms with Crippen LogP contribution in [0, 0.1) is 0 Å². The number of hydrogen-bond donors (Lipinski definition) is 4. The summed E-state index contributed by atoms with van der Waals surface area (Å²) in [5.74, 6) is -1.31. The number of nitrogens with zero attached hydrogens (tertiary/aromatic N) is 1. The molecule has 4 amide bonds. The minimum absolute atomic E-state index is 0.0483. The van der Waals surface area contributed by atoms with Crippen molar-refractivity contribution in [3.63, 3.8) is 0 Å². The topological polar surface area (TPSA) is 129 Å². The Morgan fingerprint density at radius 1 is 0.786 bits per heavy atom. The first-order valence-electron chi connectivity index (χ1n) is 13.0. The number of anilines is 3. The highest BCUT2D eigenvalue weighted by atomic mass is 32.2. The van der Waals surface area contributed by atoms with Crippen LogP contribution in [0.1, 0.15) is 29.8 Å². The van der Waals surface area contributed by atoms with E-state index in [4.69, 9.17) is 0 Å². The lowest BCUT2D eigenvalue weighted by Gasteiger charge is -2.14. The number of aromatic nitrogens is 1. The first-order valence-corrected chi connectivity index (χ1v) is 13.9. The standard InChI is InChI=1S/C32H29N5O4S/c1-21(30(39)35-26-15-13-25(14-16-26)34-22(2)38)42-28-12-6-11-27(19-28)36-32(41)29(18-23-8-7-17-33-20-23)37-31(40)24-9-4-3-5-10-24/h3-21H,1-2H3,(H,34,38)(H,35,39)(H,36,41)(H,37,40)/b29-18-. The molecule has 42 heavy (non-hydrogen) atoms. The maximum absolute atomic E-state index is 13.3. The summed E-state index contributed by atoms with van der Waals surface area (Å²) in [4.78, 5) is 55.0. The van der Waals surface area contributed by atoms with Gasteiger partial charge in [-0.05, 0) is 79.2 Å². The number of nitrogens with one attached hydrogen (secondary N) is 4. The summed E-state index contributed by atoms with van der Waals surface area (Å²) in [6.45, 7) is 3.21. The molecule has 0 radical (unpaired) electrons. The number of hydrogen-bond acceptors (Lipinski definition) is 6. The average Bonchev–Trinajstić information content (AvgIpc) is 2.98. The second kappa shape index (κ2) is 14.4. The quantitative estimate of drug-likeness (QED) is 0.144. The van der Waals surface area contributed by atoms with Crippen molar-refractivity contribution in [2.75, 3.05) is 16.0 Å². The monoisotopic (exact) mass is 579 g/mol. The molecular formula is C32H29N5O4S. The van der Waals surface area contributed by atoms with Gasteiger partial charge in [0.2, 0.25) is 11.8 Å². The van der Waals surface area contributed by atoms with Crippen LogP contribution >= 0.6 is 11.8 Å². The highest BCUT2D eigenvalue weighted by molar-refractivity contribution is 8.00. The van der Waals surface area contributed by atoms with Crippen LogP contribution in [-0.4, -0.2) is 33.9 Å². The van der Waals surface area contributed by atoms with Gasteiger partial charge in [0, 0.05) is 46.8 Å².